The molecule has 1 aliphatic heterocycles. The molecule has 1 amide bonds. The van der Waals surface area contributed by atoms with Gasteiger partial charge in [-0.2, -0.15) is 0 Å². The third-order valence-corrected chi connectivity index (χ3v) is 2.88. The van der Waals surface area contributed by atoms with Gasteiger partial charge in [0.1, 0.15) is 0 Å². The number of anilines is 1. The third-order valence-electron chi connectivity index (χ3n) is 2.88. The second kappa shape index (κ2) is 5.51. The summed E-state index contributed by atoms with van der Waals surface area (Å²) in [4.78, 5) is 13.8. The van der Waals surface area contributed by atoms with Gasteiger partial charge in [0.15, 0.2) is 0 Å². The molecule has 0 bridgehead atoms. The van der Waals surface area contributed by atoms with E-state index in [1.807, 2.05) is 23.1 Å². The van der Waals surface area contributed by atoms with Crippen molar-refractivity contribution in [2.75, 3.05) is 18.0 Å². The summed E-state index contributed by atoms with van der Waals surface area (Å²) in [6, 6.07) is 8.01. The van der Waals surface area contributed by atoms with Gasteiger partial charge in [-0.25, -0.2) is 0 Å². The van der Waals surface area contributed by atoms with E-state index >= 15 is 0 Å². The lowest BCUT2D eigenvalue weighted by atomic mass is 10.1. The summed E-state index contributed by atoms with van der Waals surface area (Å²) in [7, 11) is 0. The van der Waals surface area contributed by atoms with E-state index in [0.29, 0.717) is 19.5 Å². The number of carbonyl (C=O) groups excluding carboxylic acids is 1. The van der Waals surface area contributed by atoms with Crippen molar-refractivity contribution in [1.82, 2.24) is 5.32 Å². The molecule has 1 aromatic carbocycles. The third kappa shape index (κ3) is 2.66. The topological polar surface area (TPSA) is 32.3 Å². The zero-order chi connectivity index (χ0) is 12.1. The minimum atomic E-state index is 0.118. The van der Waals surface area contributed by atoms with E-state index in [2.05, 4.69) is 17.3 Å². The highest BCUT2D eigenvalue weighted by Crippen LogP contribution is 2.22. The van der Waals surface area contributed by atoms with Crippen molar-refractivity contribution in [3.63, 3.8) is 0 Å². The fourth-order valence-corrected chi connectivity index (χ4v) is 2.04. The fraction of sp³-hybridized carbons (Fsp3) is 0.357. The van der Waals surface area contributed by atoms with Gasteiger partial charge in [0, 0.05) is 25.2 Å². The molecule has 0 unspecified atom stereocenters. The second-order valence-corrected chi connectivity index (χ2v) is 4.09. The Bertz CT molecular complexity index is 448. The van der Waals surface area contributed by atoms with E-state index in [0.717, 1.165) is 18.7 Å². The minimum Gasteiger partial charge on any atom is -0.311 e. The van der Waals surface area contributed by atoms with Crippen LogP contribution in [-0.4, -0.2) is 19.0 Å². The van der Waals surface area contributed by atoms with Gasteiger partial charge in [0.2, 0.25) is 5.91 Å². The van der Waals surface area contributed by atoms with E-state index in [4.69, 9.17) is 6.42 Å². The van der Waals surface area contributed by atoms with Crippen LogP contribution < -0.4 is 10.2 Å². The predicted octanol–water partition coefficient (Wildman–Crippen LogP) is 1.54. The maximum Gasteiger partial charge on any atom is 0.240 e. The molecule has 3 nitrogen and oxygen atoms in total. The quantitative estimate of drug-likeness (QED) is 0.628. The SMILES string of the molecule is C#CCCCN1C(=O)CNCc2ccccc21. The molecule has 17 heavy (non-hydrogen) atoms. The molecule has 0 aliphatic carbocycles. The fourth-order valence-electron chi connectivity index (χ4n) is 2.04. The highest BCUT2D eigenvalue weighted by atomic mass is 16.2. The Morgan fingerprint density at radius 2 is 2.18 bits per heavy atom. The Morgan fingerprint density at radius 1 is 1.35 bits per heavy atom. The van der Waals surface area contributed by atoms with E-state index in [-0.39, 0.29) is 5.91 Å². The molecule has 1 N–H and O–H groups in total. The number of rotatable bonds is 3. The molecule has 0 spiro atoms. The van der Waals surface area contributed by atoms with Crippen molar-refractivity contribution in [2.45, 2.75) is 19.4 Å². The number of fused-ring (bicyclic) bond motifs is 1. The molecular weight excluding hydrogens is 212 g/mol. The zero-order valence-electron chi connectivity index (χ0n) is 9.78. The Balaban J connectivity index is 2.21. The van der Waals surface area contributed by atoms with Gasteiger partial charge >= 0.3 is 0 Å². The Morgan fingerprint density at radius 3 is 3.00 bits per heavy atom. The van der Waals surface area contributed by atoms with Crippen LogP contribution in [0.25, 0.3) is 0 Å². The van der Waals surface area contributed by atoms with Crippen molar-refractivity contribution in [3.05, 3.63) is 29.8 Å². The molecule has 0 fully saturated rings. The van der Waals surface area contributed by atoms with Crippen LogP contribution in [0.3, 0.4) is 0 Å². The van der Waals surface area contributed by atoms with Gasteiger partial charge in [-0.05, 0) is 18.1 Å². The van der Waals surface area contributed by atoms with Crippen molar-refractivity contribution in [2.24, 2.45) is 0 Å². The second-order valence-electron chi connectivity index (χ2n) is 4.09. The molecular formula is C14H16N2O. The van der Waals surface area contributed by atoms with Crippen LogP contribution >= 0.6 is 0 Å². The van der Waals surface area contributed by atoms with Gasteiger partial charge < -0.3 is 10.2 Å². The molecule has 0 atom stereocenters. The lowest BCUT2D eigenvalue weighted by molar-refractivity contribution is -0.117. The molecule has 0 saturated heterocycles. The number of carbonyl (C=O) groups is 1. The molecule has 1 heterocycles. The van der Waals surface area contributed by atoms with Crippen molar-refractivity contribution < 1.29 is 4.79 Å². The predicted molar refractivity (Wildman–Crippen MR) is 68.6 cm³/mol. The molecule has 88 valence electrons. The van der Waals surface area contributed by atoms with Crippen LogP contribution in [0, 0.1) is 12.3 Å². The number of amides is 1. The first-order valence-electron chi connectivity index (χ1n) is 5.85. The zero-order valence-corrected chi connectivity index (χ0v) is 9.78. The Labute approximate surface area is 102 Å². The van der Waals surface area contributed by atoms with Crippen molar-refractivity contribution in [1.29, 1.82) is 0 Å². The first-order valence-corrected chi connectivity index (χ1v) is 5.85. The molecule has 2 rings (SSSR count). The molecule has 0 radical (unpaired) electrons. The van der Waals surface area contributed by atoms with Crippen molar-refractivity contribution in [3.8, 4) is 12.3 Å². The molecule has 0 saturated carbocycles. The van der Waals surface area contributed by atoms with E-state index in [9.17, 15) is 4.79 Å². The summed E-state index contributed by atoms with van der Waals surface area (Å²) in [5, 5.41) is 3.14. The summed E-state index contributed by atoms with van der Waals surface area (Å²) < 4.78 is 0. The van der Waals surface area contributed by atoms with Crippen LogP contribution in [0.15, 0.2) is 24.3 Å². The maximum atomic E-state index is 12.0. The average molecular weight is 228 g/mol. The summed E-state index contributed by atoms with van der Waals surface area (Å²) >= 11 is 0. The van der Waals surface area contributed by atoms with Gasteiger partial charge in [0.05, 0.1) is 6.54 Å². The largest absolute Gasteiger partial charge is 0.311 e. The first kappa shape index (κ1) is 11.7. The van der Waals surface area contributed by atoms with Crippen LogP contribution in [0.5, 0.6) is 0 Å². The van der Waals surface area contributed by atoms with Gasteiger partial charge in [-0.3, -0.25) is 4.79 Å². The number of hydrogen-bond acceptors (Lipinski definition) is 2. The molecule has 3 heteroatoms. The summed E-state index contributed by atoms with van der Waals surface area (Å²) in [5.74, 6) is 2.73. The molecule has 1 aliphatic rings. The summed E-state index contributed by atoms with van der Waals surface area (Å²) in [6.45, 7) is 1.83. The average Bonchev–Trinajstić information content (AvgIpc) is 2.50. The molecule has 0 aromatic heterocycles. The highest BCUT2D eigenvalue weighted by Gasteiger charge is 2.20. The number of benzene rings is 1. The highest BCUT2D eigenvalue weighted by molar-refractivity contribution is 5.96. The Kier molecular flexibility index (Phi) is 3.79. The summed E-state index contributed by atoms with van der Waals surface area (Å²) in [5.41, 5.74) is 2.18. The monoisotopic (exact) mass is 228 g/mol. The van der Waals surface area contributed by atoms with E-state index in [1.54, 1.807) is 0 Å². The number of nitrogens with zero attached hydrogens (tertiary/aromatic N) is 1. The van der Waals surface area contributed by atoms with Gasteiger partial charge in [-0.1, -0.05) is 18.2 Å². The molecule has 1 aromatic rings. The number of terminal acetylenes is 1. The number of unbranched alkanes of at least 4 members (excludes halogenated alkanes) is 1. The normalized spacial score (nSPS) is 15.0. The van der Waals surface area contributed by atoms with E-state index in [1.165, 1.54) is 5.56 Å². The number of nitrogens with one attached hydrogen (secondary N) is 1. The summed E-state index contributed by atoms with van der Waals surface area (Å²) in [6.07, 6.45) is 6.79. The maximum absolute atomic E-state index is 12.0. The van der Waals surface area contributed by atoms with Crippen LogP contribution in [0.2, 0.25) is 0 Å². The van der Waals surface area contributed by atoms with E-state index < -0.39 is 0 Å². The van der Waals surface area contributed by atoms with Crippen LogP contribution in [-0.2, 0) is 11.3 Å². The standard InChI is InChI=1S/C14H16N2O/c1-2-3-6-9-16-13-8-5-4-7-12(13)10-15-11-14(16)17/h1,4-5,7-8,15H,3,6,9-11H2. The Hall–Kier alpha value is -1.79. The first-order chi connectivity index (χ1) is 8.33. The van der Waals surface area contributed by atoms with Crippen LogP contribution in [0.1, 0.15) is 18.4 Å². The van der Waals surface area contributed by atoms with Crippen molar-refractivity contribution >= 4 is 11.6 Å². The van der Waals surface area contributed by atoms with Gasteiger partial charge in [-0.15, -0.1) is 12.3 Å². The minimum absolute atomic E-state index is 0.118. The number of hydrogen-bond donors (Lipinski definition) is 1. The van der Waals surface area contributed by atoms with Gasteiger partial charge in [0.25, 0.3) is 0 Å². The van der Waals surface area contributed by atoms with Crippen LogP contribution in [0.4, 0.5) is 5.69 Å². The number of para-hydroxylation sites is 1. The smallest absolute Gasteiger partial charge is 0.240 e. The lowest BCUT2D eigenvalue weighted by Crippen LogP contribution is -2.36. The lowest BCUT2D eigenvalue weighted by Gasteiger charge is -2.22.